The molecule has 0 bridgehead atoms. The number of rotatable bonds is 8. The van der Waals surface area contributed by atoms with Crippen molar-refractivity contribution in [2.75, 3.05) is 20.3 Å². The number of nitrogens with one attached hydrogen (secondary N) is 1. The first kappa shape index (κ1) is 16.4. The molecule has 21 heavy (non-hydrogen) atoms. The molecule has 0 unspecified atom stereocenters. The molecule has 0 atom stereocenters. The molecule has 1 aliphatic rings. The van der Waals surface area contributed by atoms with Gasteiger partial charge in [-0.3, -0.25) is 0 Å². The summed E-state index contributed by atoms with van der Waals surface area (Å²) >= 11 is 0.935. The van der Waals surface area contributed by atoms with E-state index in [0.29, 0.717) is 18.7 Å². The average Bonchev–Trinajstić information content (AvgIpc) is 3.08. The monoisotopic (exact) mass is 333 g/mol. The van der Waals surface area contributed by atoms with Gasteiger partial charge in [0.25, 0.3) is 0 Å². The highest BCUT2D eigenvalue weighted by Gasteiger charge is 2.43. The average molecular weight is 333 g/mol. The van der Waals surface area contributed by atoms with Crippen LogP contribution in [0.2, 0.25) is 0 Å². The molecule has 0 saturated heterocycles. The van der Waals surface area contributed by atoms with Crippen molar-refractivity contribution < 1.29 is 23.1 Å². The van der Waals surface area contributed by atoms with E-state index in [-0.39, 0.29) is 15.2 Å². The molecule has 0 aromatic carbocycles. The van der Waals surface area contributed by atoms with E-state index in [1.54, 1.807) is 19.4 Å². The zero-order chi connectivity index (χ0) is 15.7. The lowest BCUT2D eigenvalue weighted by atomic mass is 10.0. The van der Waals surface area contributed by atoms with Gasteiger partial charge in [-0.1, -0.05) is 0 Å². The maximum absolute atomic E-state index is 12.4. The van der Waals surface area contributed by atoms with E-state index in [9.17, 15) is 13.2 Å². The first-order valence-electron chi connectivity index (χ1n) is 6.61. The molecule has 118 valence electrons. The number of hydrogen-bond donors (Lipinski definition) is 2. The molecule has 6 nitrogen and oxygen atoms in total. The first-order chi connectivity index (χ1) is 9.81. The molecule has 1 aromatic heterocycles. The van der Waals surface area contributed by atoms with Gasteiger partial charge in [0, 0.05) is 20.3 Å². The molecule has 2 N–H and O–H groups in total. The fourth-order valence-corrected chi connectivity index (χ4v) is 5.03. The zero-order valence-electron chi connectivity index (χ0n) is 12.0. The van der Waals surface area contributed by atoms with Gasteiger partial charge < -0.3 is 9.84 Å². The van der Waals surface area contributed by atoms with Crippen LogP contribution in [0.1, 0.15) is 34.5 Å². The molecule has 0 amide bonds. The minimum absolute atomic E-state index is 0.0314. The van der Waals surface area contributed by atoms with Crippen molar-refractivity contribution in [3.8, 4) is 0 Å². The second-order valence-corrected chi connectivity index (χ2v) is 8.03. The lowest BCUT2D eigenvalue weighted by Gasteiger charge is -2.16. The van der Waals surface area contributed by atoms with Crippen molar-refractivity contribution in [2.45, 2.75) is 31.1 Å². The van der Waals surface area contributed by atoms with Gasteiger partial charge in [0.15, 0.2) is 0 Å². The van der Waals surface area contributed by atoms with Crippen LogP contribution in [0.3, 0.4) is 0 Å². The number of aromatic carboxylic acids is 1. The van der Waals surface area contributed by atoms with Crippen LogP contribution < -0.4 is 4.72 Å². The summed E-state index contributed by atoms with van der Waals surface area (Å²) in [5, 5.41) is 10.7. The van der Waals surface area contributed by atoms with Gasteiger partial charge in [-0.15, -0.1) is 11.3 Å². The summed E-state index contributed by atoms with van der Waals surface area (Å²) in [7, 11) is -2.18. The van der Waals surface area contributed by atoms with Crippen LogP contribution in [0.15, 0.2) is 10.3 Å². The quantitative estimate of drug-likeness (QED) is 0.757. The minimum Gasteiger partial charge on any atom is -0.477 e. The van der Waals surface area contributed by atoms with Gasteiger partial charge in [0.2, 0.25) is 10.0 Å². The molecule has 0 radical (unpaired) electrons. The van der Waals surface area contributed by atoms with Gasteiger partial charge in [0.1, 0.15) is 9.77 Å². The van der Waals surface area contributed by atoms with E-state index in [4.69, 9.17) is 9.84 Å². The van der Waals surface area contributed by atoms with E-state index >= 15 is 0 Å². The van der Waals surface area contributed by atoms with Crippen LogP contribution in [0.5, 0.6) is 0 Å². The number of carboxylic acids is 1. The van der Waals surface area contributed by atoms with Crippen LogP contribution in [0, 0.1) is 12.3 Å². The number of carbonyl (C=O) groups is 1. The van der Waals surface area contributed by atoms with E-state index in [1.807, 2.05) is 0 Å². The maximum Gasteiger partial charge on any atom is 0.347 e. The Morgan fingerprint density at radius 1 is 1.52 bits per heavy atom. The Labute approximate surface area is 128 Å². The Kier molecular flexibility index (Phi) is 4.72. The van der Waals surface area contributed by atoms with Gasteiger partial charge in [-0.05, 0) is 42.5 Å². The fraction of sp³-hybridized carbons (Fsp3) is 0.615. The summed E-state index contributed by atoms with van der Waals surface area (Å²) in [6, 6.07) is 0. The van der Waals surface area contributed by atoms with Gasteiger partial charge in [-0.2, -0.15) is 0 Å². The van der Waals surface area contributed by atoms with E-state index in [0.717, 1.165) is 30.6 Å². The molecular weight excluding hydrogens is 314 g/mol. The number of carboxylic acid groups (broad SMARTS) is 1. The summed E-state index contributed by atoms with van der Waals surface area (Å²) in [5.41, 5.74) is 0.433. The van der Waals surface area contributed by atoms with Crippen molar-refractivity contribution >= 4 is 27.3 Å². The van der Waals surface area contributed by atoms with Crippen LogP contribution >= 0.6 is 11.3 Å². The number of ether oxygens (including phenoxy) is 1. The summed E-state index contributed by atoms with van der Waals surface area (Å²) in [5.74, 6) is -1.21. The number of methoxy groups -OCH3 is 1. The fourth-order valence-electron chi connectivity index (χ4n) is 2.25. The van der Waals surface area contributed by atoms with Crippen molar-refractivity contribution in [3.63, 3.8) is 0 Å². The molecule has 1 fully saturated rings. The highest BCUT2D eigenvalue weighted by molar-refractivity contribution is 7.89. The second-order valence-electron chi connectivity index (χ2n) is 5.45. The largest absolute Gasteiger partial charge is 0.477 e. The Balaban J connectivity index is 2.13. The van der Waals surface area contributed by atoms with Crippen molar-refractivity contribution in [3.05, 3.63) is 15.8 Å². The van der Waals surface area contributed by atoms with Gasteiger partial charge in [0.05, 0.1) is 0 Å². The van der Waals surface area contributed by atoms with Gasteiger partial charge >= 0.3 is 5.97 Å². The van der Waals surface area contributed by atoms with Crippen molar-refractivity contribution in [1.29, 1.82) is 0 Å². The third-order valence-electron chi connectivity index (χ3n) is 3.81. The van der Waals surface area contributed by atoms with Crippen LogP contribution in [-0.4, -0.2) is 39.8 Å². The number of hydrogen-bond acceptors (Lipinski definition) is 5. The van der Waals surface area contributed by atoms with Crippen LogP contribution in [0.25, 0.3) is 0 Å². The Morgan fingerprint density at radius 2 is 2.19 bits per heavy atom. The number of aryl methyl sites for hydroxylation is 1. The van der Waals surface area contributed by atoms with Crippen LogP contribution in [-0.2, 0) is 14.8 Å². The smallest absolute Gasteiger partial charge is 0.347 e. The summed E-state index contributed by atoms with van der Waals surface area (Å²) < 4.78 is 32.4. The highest BCUT2D eigenvalue weighted by atomic mass is 32.2. The third-order valence-corrected chi connectivity index (χ3v) is 6.61. The normalized spacial score (nSPS) is 16.9. The number of thiophene rings is 1. The second kappa shape index (κ2) is 6.04. The molecule has 0 spiro atoms. The molecular formula is C13H19NO5S2. The lowest BCUT2D eigenvalue weighted by molar-refractivity contribution is 0.0698. The van der Waals surface area contributed by atoms with Gasteiger partial charge in [-0.25, -0.2) is 17.9 Å². The third kappa shape index (κ3) is 3.63. The Morgan fingerprint density at radius 3 is 2.71 bits per heavy atom. The van der Waals surface area contributed by atoms with E-state index in [1.165, 1.54) is 0 Å². The van der Waals surface area contributed by atoms with Crippen LogP contribution in [0.4, 0.5) is 0 Å². The SMILES string of the molecule is COCCC1(CNS(=O)(=O)c2c(C)csc2C(=O)O)CC1. The van der Waals surface area contributed by atoms with Crippen molar-refractivity contribution in [1.82, 2.24) is 4.72 Å². The number of sulfonamides is 1. The maximum atomic E-state index is 12.4. The standard InChI is InChI=1S/C13H19NO5S2/c1-9-7-20-10(12(15)16)11(9)21(17,18)14-8-13(3-4-13)5-6-19-2/h7,14H,3-6,8H2,1-2H3,(H,15,16). The topological polar surface area (TPSA) is 92.7 Å². The summed E-state index contributed by atoms with van der Waals surface area (Å²) in [4.78, 5) is 10.9. The predicted molar refractivity (Wildman–Crippen MR) is 79.4 cm³/mol. The summed E-state index contributed by atoms with van der Waals surface area (Å²) in [6.07, 6.45) is 2.74. The molecule has 0 aliphatic heterocycles. The van der Waals surface area contributed by atoms with E-state index < -0.39 is 16.0 Å². The highest BCUT2D eigenvalue weighted by Crippen LogP contribution is 2.48. The molecule has 1 aromatic rings. The predicted octanol–water partition coefficient (Wildman–Crippen LogP) is 1.85. The molecule has 1 saturated carbocycles. The lowest BCUT2D eigenvalue weighted by Crippen LogP contribution is -2.31. The zero-order valence-corrected chi connectivity index (χ0v) is 13.6. The molecule has 8 heteroatoms. The summed E-state index contributed by atoms with van der Waals surface area (Å²) in [6.45, 7) is 2.53. The Hall–Kier alpha value is -0.960. The Bertz CT molecular complexity index is 631. The van der Waals surface area contributed by atoms with E-state index in [2.05, 4.69) is 4.72 Å². The molecule has 2 rings (SSSR count). The molecule has 1 heterocycles. The molecule has 1 aliphatic carbocycles. The van der Waals surface area contributed by atoms with Crippen molar-refractivity contribution in [2.24, 2.45) is 5.41 Å². The minimum atomic E-state index is -3.80. The first-order valence-corrected chi connectivity index (χ1v) is 8.98.